The lowest BCUT2D eigenvalue weighted by atomic mass is 10.1. The highest BCUT2D eigenvalue weighted by Gasteiger charge is 2.24. The molecule has 0 unspecified atom stereocenters. The second kappa shape index (κ2) is 11.2. The van der Waals surface area contributed by atoms with Crippen LogP contribution in [-0.4, -0.2) is 49.0 Å². The van der Waals surface area contributed by atoms with Gasteiger partial charge in [0, 0.05) is 30.8 Å². The normalized spacial score (nSPS) is 13.3. The number of ether oxygens (including phenoxy) is 2. The Morgan fingerprint density at radius 1 is 1.06 bits per heavy atom. The van der Waals surface area contributed by atoms with Crippen LogP contribution in [0.25, 0.3) is 0 Å². The fourth-order valence-corrected chi connectivity index (χ4v) is 3.44. The van der Waals surface area contributed by atoms with Gasteiger partial charge in [0.1, 0.15) is 5.75 Å². The van der Waals surface area contributed by atoms with Crippen molar-refractivity contribution in [3.63, 3.8) is 0 Å². The van der Waals surface area contributed by atoms with Crippen molar-refractivity contribution in [2.45, 2.75) is 25.9 Å². The van der Waals surface area contributed by atoms with Crippen LogP contribution in [0.3, 0.4) is 0 Å². The van der Waals surface area contributed by atoms with Crippen molar-refractivity contribution in [2.24, 2.45) is 0 Å². The molecule has 10 nitrogen and oxygen atoms in total. The smallest absolute Gasteiger partial charge is 0.387 e. The van der Waals surface area contributed by atoms with Crippen molar-refractivity contribution in [2.75, 3.05) is 24.6 Å². The highest BCUT2D eigenvalue weighted by atomic mass is 19.3. The second-order valence-electron chi connectivity index (χ2n) is 7.36. The third-order valence-corrected chi connectivity index (χ3v) is 5.04. The number of esters is 1. The molecule has 0 radical (unpaired) electrons. The van der Waals surface area contributed by atoms with Crippen LogP contribution in [0.2, 0.25) is 0 Å². The van der Waals surface area contributed by atoms with Gasteiger partial charge in [-0.2, -0.15) is 8.78 Å². The lowest BCUT2D eigenvalue weighted by Crippen LogP contribution is -2.34. The molecule has 0 atom stereocenters. The summed E-state index contributed by atoms with van der Waals surface area (Å²) in [5.41, 5.74) is 0.113. The molecular weight excluding hydrogens is 456 g/mol. The molecule has 3 rings (SSSR count). The number of hydrogen-bond acceptors (Lipinski definition) is 8. The molecule has 2 amide bonds. The summed E-state index contributed by atoms with van der Waals surface area (Å²) in [6.45, 7) is -2.47. The van der Waals surface area contributed by atoms with E-state index >= 15 is 0 Å². The molecule has 2 aromatic carbocycles. The Morgan fingerprint density at radius 2 is 1.74 bits per heavy atom. The summed E-state index contributed by atoms with van der Waals surface area (Å²) >= 11 is 0. The van der Waals surface area contributed by atoms with E-state index in [0.717, 1.165) is 37.5 Å². The Morgan fingerprint density at radius 3 is 2.35 bits per heavy atom. The van der Waals surface area contributed by atoms with Gasteiger partial charge in [-0.15, -0.1) is 0 Å². The van der Waals surface area contributed by atoms with Crippen LogP contribution in [0.4, 0.5) is 20.2 Å². The van der Waals surface area contributed by atoms with E-state index < -0.39 is 35.9 Å². The summed E-state index contributed by atoms with van der Waals surface area (Å²) in [5, 5.41) is 13.2. The Bertz CT molecular complexity index is 1070. The Hall–Kier alpha value is -4.09. The zero-order chi connectivity index (χ0) is 24.7. The van der Waals surface area contributed by atoms with Gasteiger partial charge in [-0.05, 0) is 49.6 Å². The molecule has 0 aliphatic carbocycles. The van der Waals surface area contributed by atoms with E-state index in [4.69, 9.17) is 4.74 Å². The van der Waals surface area contributed by atoms with Crippen LogP contribution in [-0.2, 0) is 9.53 Å². The Balaban J connectivity index is 1.63. The number of piperidine rings is 1. The van der Waals surface area contributed by atoms with Gasteiger partial charge in [0.05, 0.1) is 16.2 Å². The number of amides is 2. The molecule has 1 heterocycles. The van der Waals surface area contributed by atoms with Crippen molar-refractivity contribution in [1.82, 2.24) is 5.32 Å². The van der Waals surface area contributed by atoms with Crippen molar-refractivity contribution in [3.8, 4) is 5.75 Å². The lowest BCUT2D eigenvalue weighted by Gasteiger charge is -2.30. The number of anilines is 1. The van der Waals surface area contributed by atoms with E-state index in [-0.39, 0.29) is 22.6 Å². The average molecular weight is 477 g/mol. The van der Waals surface area contributed by atoms with Gasteiger partial charge in [0.15, 0.2) is 6.61 Å². The molecule has 0 aromatic heterocycles. The third kappa shape index (κ3) is 6.47. The number of nitro groups is 1. The number of alkyl halides is 2. The number of carbonyl (C=O) groups is 3. The first-order valence-corrected chi connectivity index (χ1v) is 10.3. The molecule has 1 fully saturated rings. The van der Waals surface area contributed by atoms with Crippen LogP contribution in [0, 0.1) is 10.1 Å². The van der Waals surface area contributed by atoms with Crippen molar-refractivity contribution in [3.05, 3.63) is 63.7 Å². The maximum Gasteiger partial charge on any atom is 0.387 e. The maximum absolute atomic E-state index is 12.7. The molecule has 1 saturated heterocycles. The van der Waals surface area contributed by atoms with Crippen molar-refractivity contribution in [1.29, 1.82) is 0 Å². The summed E-state index contributed by atoms with van der Waals surface area (Å²) < 4.78 is 33.6. The molecule has 34 heavy (non-hydrogen) atoms. The highest BCUT2D eigenvalue weighted by Crippen LogP contribution is 2.28. The van der Waals surface area contributed by atoms with Gasteiger partial charge in [0.25, 0.3) is 17.5 Å². The molecule has 2 aromatic rings. The van der Waals surface area contributed by atoms with Crippen LogP contribution < -0.4 is 15.0 Å². The number of carbonyl (C=O) groups excluding carboxylic acids is 3. The number of imide groups is 1. The van der Waals surface area contributed by atoms with E-state index in [1.165, 1.54) is 24.3 Å². The van der Waals surface area contributed by atoms with Gasteiger partial charge >= 0.3 is 12.6 Å². The number of nitro benzene ring substituents is 1. The minimum Gasteiger partial charge on any atom is -0.452 e. The first-order chi connectivity index (χ1) is 16.2. The predicted octanol–water partition coefficient (Wildman–Crippen LogP) is 3.30. The number of hydrogen-bond donors (Lipinski definition) is 1. The van der Waals surface area contributed by atoms with Gasteiger partial charge in [0.2, 0.25) is 0 Å². The minimum atomic E-state index is -3.02. The minimum absolute atomic E-state index is 0.00707. The number of nitrogens with one attached hydrogen (secondary N) is 1. The summed E-state index contributed by atoms with van der Waals surface area (Å²) in [6, 6.07) is 8.50. The monoisotopic (exact) mass is 477 g/mol. The molecule has 0 spiro atoms. The number of halogens is 2. The number of benzene rings is 2. The van der Waals surface area contributed by atoms with Gasteiger partial charge < -0.3 is 14.4 Å². The molecule has 1 N–H and O–H groups in total. The zero-order valence-corrected chi connectivity index (χ0v) is 17.9. The molecular formula is C22H21F2N3O7. The van der Waals surface area contributed by atoms with Crippen LogP contribution in [0.1, 0.15) is 40.0 Å². The van der Waals surface area contributed by atoms with Gasteiger partial charge in [-0.25, -0.2) is 4.79 Å². The van der Waals surface area contributed by atoms with Crippen molar-refractivity contribution >= 4 is 29.2 Å². The van der Waals surface area contributed by atoms with E-state index in [1.807, 2.05) is 10.2 Å². The molecule has 0 saturated carbocycles. The van der Waals surface area contributed by atoms with Gasteiger partial charge in [-0.1, -0.05) is 0 Å². The van der Waals surface area contributed by atoms with E-state index in [1.54, 1.807) is 0 Å². The molecule has 12 heteroatoms. The first kappa shape index (κ1) is 24.6. The third-order valence-electron chi connectivity index (χ3n) is 5.04. The second-order valence-corrected chi connectivity index (χ2v) is 7.36. The molecule has 180 valence electrons. The van der Waals surface area contributed by atoms with E-state index in [0.29, 0.717) is 18.8 Å². The summed E-state index contributed by atoms with van der Waals surface area (Å²) in [4.78, 5) is 49.3. The molecule has 1 aliphatic rings. The van der Waals surface area contributed by atoms with E-state index in [2.05, 4.69) is 4.74 Å². The predicted molar refractivity (Wildman–Crippen MR) is 115 cm³/mol. The van der Waals surface area contributed by atoms with Crippen LogP contribution >= 0.6 is 0 Å². The lowest BCUT2D eigenvalue weighted by molar-refractivity contribution is -0.384. The topological polar surface area (TPSA) is 128 Å². The number of non-ortho nitro benzene ring substituents is 1. The SMILES string of the molecule is O=C(COC(=O)c1cc([N+](=O)[O-])ccc1N1CCCCC1)NC(=O)c1ccc(OC(F)F)cc1. The standard InChI is InChI=1S/C22H21F2N3O7/c23-22(24)34-16-7-4-14(5-8-16)20(29)25-19(28)13-33-21(30)17-12-15(27(31)32)6-9-18(17)26-10-2-1-3-11-26/h4-9,12,22H,1-3,10-11,13H2,(H,25,28,29). The first-order valence-electron chi connectivity index (χ1n) is 10.3. The van der Waals surface area contributed by atoms with Crippen molar-refractivity contribution < 1.29 is 37.6 Å². The Labute approximate surface area is 192 Å². The van der Waals surface area contributed by atoms with Crippen LogP contribution in [0.15, 0.2) is 42.5 Å². The average Bonchev–Trinajstić information content (AvgIpc) is 2.82. The molecule has 1 aliphatic heterocycles. The quantitative estimate of drug-likeness (QED) is 0.348. The van der Waals surface area contributed by atoms with E-state index in [9.17, 15) is 33.3 Å². The van der Waals surface area contributed by atoms with Gasteiger partial charge in [-0.3, -0.25) is 25.0 Å². The summed E-state index contributed by atoms with van der Waals surface area (Å²) in [6.07, 6.45) is 2.86. The number of nitrogens with zero attached hydrogens (tertiary/aromatic N) is 2. The fourth-order valence-electron chi connectivity index (χ4n) is 3.44. The number of rotatable bonds is 8. The molecule has 0 bridgehead atoms. The Kier molecular flexibility index (Phi) is 8.06. The zero-order valence-electron chi connectivity index (χ0n) is 17.9. The summed E-state index contributed by atoms with van der Waals surface area (Å²) in [7, 11) is 0. The van der Waals surface area contributed by atoms with Crippen LogP contribution in [0.5, 0.6) is 5.75 Å². The maximum atomic E-state index is 12.7. The highest BCUT2D eigenvalue weighted by molar-refractivity contribution is 6.06. The fraction of sp³-hybridized carbons (Fsp3) is 0.318. The summed E-state index contributed by atoms with van der Waals surface area (Å²) in [5.74, 6) is -2.88. The largest absolute Gasteiger partial charge is 0.452 e.